The number of alkyl halides is 2. The van der Waals surface area contributed by atoms with Crippen LogP contribution in [-0.2, 0) is 6.42 Å². The minimum absolute atomic E-state index is 0.255. The van der Waals surface area contributed by atoms with Crippen molar-refractivity contribution in [3.8, 4) is 5.75 Å². The van der Waals surface area contributed by atoms with Crippen LogP contribution in [0.1, 0.15) is 30.5 Å². The van der Waals surface area contributed by atoms with Gasteiger partial charge in [0, 0.05) is 6.04 Å². The van der Waals surface area contributed by atoms with Crippen molar-refractivity contribution in [3.05, 3.63) is 29.3 Å². The van der Waals surface area contributed by atoms with Gasteiger partial charge in [-0.2, -0.15) is 8.78 Å². The Morgan fingerprint density at radius 1 is 1.50 bits per heavy atom. The van der Waals surface area contributed by atoms with Crippen LogP contribution in [0.2, 0.25) is 0 Å². The molecular formula is C12H15F2NO. The molecule has 1 atom stereocenters. The molecule has 1 aromatic carbocycles. The van der Waals surface area contributed by atoms with E-state index in [1.807, 2.05) is 6.07 Å². The van der Waals surface area contributed by atoms with Crippen molar-refractivity contribution in [3.63, 3.8) is 0 Å². The van der Waals surface area contributed by atoms with Crippen LogP contribution >= 0.6 is 0 Å². The first kappa shape index (κ1) is 11.3. The molecule has 1 unspecified atom stereocenters. The van der Waals surface area contributed by atoms with E-state index in [4.69, 9.17) is 0 Å². The highest BCUT2D eigenvalue weighted by Crippen LogP contribution is 2.33. The normalized spacial score (nSPS) is 18.9. The Morgan fingerprint density at radius 3 is 3.00 bits per heavy atom. The fourth-order valence-corrected chi connectivity index (χ4v) is 2.23. The predicted octanol–water partition coefficient (Wildman–Crippen LogP) is 2.88. The van der Waals surface area contributed by atoms with E-state index in [0.29, 0.717) is 6.04 Å². The van der Waals surface area contributed by atoms with Crippen LogP contribution in [0.5, 0.6) is 5.75 Å². The summed E-state index contributed by atoms with van der Waals surface area (Å²) < 4.78 is 28.5. The first-order chi connectivity index (χ1) is 7.70. The molecule has 0 radical (unpaired) electrons. The lowest BCUT2D eigenvalue weighted by molar-refractivity contribution is -0.0498. The highest BCUT2D eigenvalue weighted by molar-refractivity contribution is 5.40. The van der Waals surface area contributed by atoms with Gasteiger partial charge in [-0.15, -0.1) is 0 Å². The Bertz CT molecular complexity index is 368. The molecule has 0 spiro atoms. The van der Waals surface area contributed by atoms with Gasteiger partial charge >= 0.3 is 6.61 Å². The van der Waals surface area contributed by atoms with E-state index in [1.54, 1.807) is 12.1 Å². The number of aryl methyl sites for hydroxylation is 1. The number of rotatable bonds is 4. The molecular weight excluding hydrogens is 212 g/mol. The van der Waals surface area contributed by atoms with Crippen LogP contribution in [0, 0.1) is 0 Å². The topological polar surface area (TPSA) is 21.3 Å². The summed E-state index contributed by atoms with van der Waals surface area (Å²) in [6.45, 7) is 0.232. The number of halogens is 2. The van der Waals surface area contributed by atoms with Gasteiger partial charge in [0.25, 0.3) is 0 Å². The maximum Gasteiger partial charge on any atom is 0.387 e. The number of hydrogen-bond donors (Lipinski definition) is 1. The first-order valence-corrected chi connectivity index (χ1v) is 5.51. The third-order valence-corrected chi connectivity index (χ3v) is 2.87. The van der Waals surface area contributed by atoms with E-state index in [9.17, 15) is 8.78 Å². The Morgan fingerprint density at radius 2 is 2.31 bits per heavy atom. The summed E-state index contributed by atoms with van der Waals surface area (Å²) in [4.78, 5) is 0. The number of ether oxygens (including phenoxy) is 1. The van der Waals surface area contributed by atoms with Crippen molar-refractivity contribution in [2.45, 2.75) is 32.4 Å². The molecule has 2 rings (SSSR count). The SMILES string of the molecule is CCNC1CCc2cc(OC(F)F)ccc21. The van der Waals surface area contributed by atoms with Crippen molar-refractivity contribution in [2.24, 2.45) is 0 Å². The van der Waals surface area contributed by atoms with Crippen LogP contribution in [0.25, 0.3) is 0 Å². The van der Waals surface area contributed by atoms with Crippen molar-refractivity contribution in [2.75, 3.05) is 6.54 Å². The summed E-state index contributed by atoms with van der Waals surface area (Å²) in [6.07, 6.45) is 1.95. The predicted molar refractivity (Wildman–Crippen MR) is 57.8 cm³/mol. The second-order valence-electron chi connectivity index (χ2n) is 3.89. The monoisotopic (exact) mass is 227 g/mol. The largest absolute Gasteiger partial charge is 0.435 e. The van der Waals surface area contributed by atoms with Crippen molar-refractivity contribution < 1.29 is 13.5 Å². The summed E-state index contributed by atoms with van der Waals surface area (Å²) in [5.41, 5.74) is 2.33. The molecule has 16 heavy (non-hydrogen) atoms. The second-order valence-corrected chi connectivity index (χ2v) is 3.89. The Labute approximate surface area is 93.6 Å². The third-order valence-electron chi connectivity index (χ3n) is 2.87. The van der Waals surface area contributed by atoms with Gasteiger partial charge in [0.1, 0.15) is 5.75 Å². The van der Waals surface area contributed by atoms with Crippen molar-refractivity contribution in [1.82, 2.24) is 5.32 Å². The van der Waals surface area contributed by atoms with E-state index in [1.165, 1.54) is 5.56 Å². The average Bonchev–Trinajstić information content (AvgIpc) is 2.61. The number of nitrogens with one attached hydrogen (secondary N) is 1. The molecule has 0 fully saturated rings. The zero-order chi connectivity index (χ0) is 11.5. The Balaban J connectivity index is 2.15. The van der Waals surface area contributed by atoms with Crippen LogP contribution in [-0.4, -0.2) is 13.2 Å². The van der Waals surface area contributed by atoms with E-state index < -0.39 is 6.61 Å². The number of benzene rings is 1. The van der Waals surface area contributed by atoms with Crippen molar-refractivity contribution >= 4 is 0 Å². The molecule has 1 aromatic rings. The molecule has 0 heterocycles. The maximum atomic E-state index is 12.0. The lowest BCUT2D eigenvalue weighted by Gasteiger charge is -2.12. The summed E-state index contributed by atoms with van der Waals surface area (Å²) in [6, 6.07) is 5.58. The quantitative estimate of drug-likeness (QED) is 0.854. The molecule has 1 aliphatic rings. The van der Waals surface area contributed by atoms with Gasteiger partial charge in [0.2, 0.25) is 0 Å². The molecule has 0 aliphatic heterocycles. The molecule has 0 saturated carbocycles. The highest BCUT2D eigenvalue weighted by Gasteiger charge is 2.22. The lowest BCUT2D eigenvalue weighted by Crippen LogP contribution is -2.18. The molecule has 0 amide bonds. The van der Waals surface area contributed by atoms with Gasteiger partial charge in [-0.1, -0.05) is 13.0 Å². The lowest BCUT2D eigenvalue weighted by atomic mass is 10.1. The van der Waals surface area contributed by atoms with E-state index in [-0.39, 0.29) is 5.75 Å². The zero-order valence-electron chi connectivity index (χ0n) is 9.17. The van der Waals surface area contributed by atoms with Gasteiger partial charge < -0.3 is 10.1 Å². The first-order valence-electron chi connectivity index (χ1n) is 5.51. The van der Waals surface area contributed by atoms with E-state index in [0.717, 1.165) is 24.9 Å². The van der Waals surface area contributed by atoms with Crippen LogP contribution in [0.3, 0.4) is 0 Å². The molecule has 2 nitrogen and oxygen atoms in total. The summed E-state index contributed by atoms with van der Waals surface area (Å²) in [5, 5.41) is 3.37. The van der Waals surface area contributed by atoms with Gasteiger partial charge in [0.05, 0.1) is 0 Å². The summed E-state index contributed by atoms with van der Waals surface area (Å²) >= 11 is 0. The highest BCUT2D eigenvalue weighted by atomic mass is 19.3. The smallest absolute Gasteiger partial charge is 0.387 e. The Hall–Kier alpha value is -1.16. The molecule has 0 bridgehead atoms. The minimum Gasteiger partial charge on any atom is -0.435 e. The van der Waals surface area contributed by atoms with Gasteiger partial charge in [-0.3, -0.25) is 0 Å². The fourth-order valence-electron chi connectivity index (χ4n) is 2.23. The molecule has 0 aromatic heterocycles. The molecule has 1 N–H and O–H groups in total. The molecule has 1 aliphatic carbocycles. The number of fused-ring (bicyclic) bond motifs is 1. The van der Waals surface area contributed by atoms with Crippen LogP contribution in [0.15, 0.2) is 18.2 Å². The fraction of sp³-hybridized carbons (Fsp3) is 0.500. The Kier molecular flexibility index (Phi) is 3.39. The number of hydrogen-bond acceptors (Lipinski definition) is 2. The van der Waals surface area contributed by atoms with Gasteiger partial charge in [-0.25, -0.2) is 0 Å². The summed E-state index contributed by atoms with van der Waals surface area (Å²) in [5.74, 6) is 0.255. The van der Waals surface area contributed by atoms with E-state index >= 15 is 0 Å². The van der Waals surface area contributed by atoms with Gasteiger partial charge in [0.15, 0.2) is 0 Å². The zero-order valence-corrected chi connectivity index (χ0v) is 9.17. The third kappa shape index (κ3) is 2.32. The van der Waals surface area contributed by atoms with Crippen molar-refractivity contribution in [1.29, 1.82) is 0 Å². The molecule has 88 valence electrons. The summed E-state index contributed by atoms with van der Waals surface area (Å²) in [7, 11) is 0. The average molecular weight is 227 g/mol. The van der Waals surface area contributed by atoms with Gasteiger partial charge in [-0.05, 0) is 42.6 Å². The van der Waals surface area contributed by atoms with Crippen LogP contribution in [0.4, 0.5) is 8.78 Å². The molecule has 4 heteroatoms. The molecule has 0 saturated heterocycles. The van der Waals surface area contributed by atoms with E-state index in [2.05, 4.69) is 17.0 Å². The second kappa shape index (κ2) is 4.78. The van der Waals surface area contributed by atoms with Crippen LogP contribution < -0.4 is 10.1 Å². The maximum absolute atomic E-state index is 12.0. The minimum atomic E-state index is -2.75. The standard InChI is InChI=1S/C12H15F2NO/c1-2-15-11-6-3-8-7-9(16-12(13)14)4-5-10(8)11/h4-5,7,11-12,15H,2-3,6H2,1H3.